The Kier molecular flexibility index (Phi) is 4.57. The molecule has 0 heterocycles. The van der Waals surface area contributed by atoms with Crippen LogP contribution in [0, 0.1) is 0 Å². The number of amides is 2. The fourth-order valence-corrected chi connectivity index (χ4v) is 1.54. The number of carbonyl (C=O) groups is 2. The van der Waals surface area contributed by atoms with Crippen LogP contribution in [0.5, 0.6) is 0 Å². The number of rotatable bonds is 2. The maximum Gasteiger partial charge on any atom is 0.436 e. The molecule has 0 saturated carbocycles. The highest BCUT2D eigenvalue weighted by molar-refractivity contribution is 6.30. The molecule has 102 valence electrons. The SMILES string of the molecule is O=C(Nc1ccc(Cl)cc1)ONC(=O)c1ccccc1. The third kappa shape index (κ3) is 4.00. The van der Waals surface area contributed by atoms with Crippen LogP contribution in [-0.4, -0.2) is 12.0 Å². The van der Waals surface area contributed by atoms with Crippen LogP contribution in [0.25, 0.3) is 0 Å². The van der Waals surface area contributed by atoms with Gasteiger partial charge in [0.2, 0.25) is 0 Å². The zero-order chi connectivity index (χ0) is 14.4. The van der Waals surface area contributed by atoms with Crippen molar-refractivity contribution in [3.05, 3.63) is 65.2 Å². The van der Waals surface area contributed by atoms with Gasteiger partial charge in [-0.15, -0.1) is 0 Å². The van der Waals surface area contributed by atoms with Crippen LogP contribution in [0.1, 0.15) is 10.4 Å². The van der Waals surface area contributed by atoms with Gasteiger partial charge >= 0.3 is 6.09 Å². The second-order valence-electron chi connectivity index (χ2n) is 3.82. The molecule has 0 radical (unpaired) electrons. The average molecular weight is 291 g/mol. The predicted octanol–water partition coefficient (Wildman–Crippen LogP) is 3.23. The summed E-state index contributed by atoms with van der Waals surface area (Å²) in [4.78, 5) is 27.7. The second-order valence-corrected chi connectivity index (χ2v) is 4.26. The van der Waals surface area contributed by atoms with Crippen molar-refractivity contribution in [3.8, 4) is 0 Å². The normalized spacial score (nSPS) is 9.65. The summed E-state index contributed by atoms with van der Waals surface area (Å²) >= 11 is 5.72. The van der Waals surface area contributed by atoms with E-state index in [9.17, 15) is 9.59 Å². The van der Waals surface area contributed by atoms with Gasteiger partial charge in [0.25, 0.3) is 5.91 Å². The highest BCUT2D eigenvalue weighted by atomic mass is 35.5. The first-order chi connectivity index (χ1) is 9.65. The van der Waals surface area contributed by atoms with Gasteiger partial charge in [-0.1, -0.05) is 29.8 Å². The molecule has 5 nitrogen and oxygen atoms in total. The predicted molar refractivity (Wildman–Crippen MR) is 75.5 cm³/mol. The molecule has 0 bridgehead atoms. The number of hydrogen-bond donors (Lipinski definition) is 2. The van der Waals surface area contributed by atoms with Crippen molar-refractivity contribution in [2.75, 3.05) is 5.32 Å². The summed E-state index contributed by atoms with van der Waals surface area (Å²) in [5, 5.41) is 3.00. The van der Waals surface area contributed by atoms with Crippen LogP contribution >= 0.6 is 11.6 Å². The van der Waals surface area contributed by atoms with Gasteiger partial charge in [0.1, 0.15) is 0 Å². The summed E-state index contributed by atoms with van der Waals surface area (Å²) in [6.07, 6.45) is -0.795. The van der Waals surface area contributed by atoms with E-state index in [0.717, 1.165) is 0 Å². The molecule has 0 spiro atoms. The zero-order valence-electron chi connectivity index (χ0n) is 10.3. The fourth-order valence-electron chi connectivity index (χ4n) is 1.42. The van der Waals surface area contributed by atoms with Crippen molar-refractivity contribution in [3.63, 3.8) is 0 Å². The van der Waals surface area contributed by atoms with Crippen molar-refractivity contribution < 1.29 is 14.4 Å². The van der Waals surface area contributed by atoms with Crippen LogP contribution in [-0.2, 0) is 4.84 Å². The number of benzene rings is 2. The van der Waals surface area contributed by atoms with Gasteiger partial charge in [0.15, 0.2) is 0 Å². The smallest absolute Gasteiger partial charge is 0.321 e. The van der Waals surface area contributed by atoms with Crippen molar-refractivity contribution in [1.29, 1.82) is 0 Å². The molecule has 6 heteroatoms. The Balaban J connectivity index is 1.83. The number of hydroxylamine groups is 1. The summed E-state index contributed by atoms with van der Waals surface area (Å²) < 4.78 is 0. The van der Waals surface area contributed by atoms with E-state index < -0.39 is 12.0 Å². The lowest BCUT2D eigenvalue weighted by Gasteiger charge is -2.07. The van der Waals surface area contributed by atoms with Crippen molar-refractivity contribution in [2.45, 2.75) is 0 Å². The quantitative estimate of drug-likeness (QED) is 0.834. The molecule has 2 amide bonds. The van der Waals surface area contributed by atoms with Gasteiger partial charge < -0.3 is 4.84 Å². The molecule has 2 aromatic rings. The molecule has 0 aromatic heterocycles. The van der Waals surface area contributed by atoms with Gasteiger partial charge in [-0.05, 0) is 36.4 Å². The summed E-state index contributed by atoms with van der Waals surface area (Å²) in [7, 11) is 0. The Labute approximate surface area is 120 Å². The minimum absolute atomic E-state index is 0.395. The molecule has 2 rings (SSSR count). The number of hydrogen-bond acceptors (Lipinski definition) is 3. The van der Waals surface area contributed by atoms with E-state index in [4.69, 9.17) is 11.6 Å². The minimum atomic E-state index is -0.795. The third-order valence-corrected chi connectivity index (χ3v) is 2.62. The third-order valence-electron chi connectivity index (χ3n) is 2.36. The topological polar surface area (TPSA) is 67.4 Å². The molecule has 2 N–H and O–H groups in total. The molecule has 0 unspecified atom stereocenters. The van der Waals surface area contributed by atoms with E-state index in [2.05, 4.69) is 15.6 Å². The Morgan fingerprint density at radius 2 is 1.60 bits per heavy atom. The second kappa shape index (κ2) is 6.58. The first-order valence-electron chi connectivity index (χ1n) is 5.74. The summed E-state index contributed by atoms with van der Waals surface area (Å²) in [6.45, 7) is 0. The zero-order valence-corrected chi connectivity index (χ0v) is 11.1. The molecule has 0 aliphatic carbocycles. The first kappa shape index (κ1) is 13.9. The first-order valence-corrected chi connectivity index (χ1v) is 6.12. The summed E-state index contributed by atoms with van der Waals surface area (Å²) in [6, 6.07) is 14.9. The molecule has 0 aliphatic heterocycles. The van der Waals surface area contributed by atoms with Crippen LogP contribution in [0.15, 0.2) is 54.6 Å². The van der Waals surface area contributed by atoms with Crippen LogP contribution in [0.2, 0.25) is 5.02 Å². The highest BCUT2D eigenvalue weighted by Gasteiger charge is 2.08. The average Bonchev–Trinajstić information content (AvgIpc) is 2.48. The lowest BCUT2D eigenvalue weighted by Crippen LogP contribution is -2.29. The van der Waals surface area contributed by atoms with E-state index in [-0.39, 0.29) is 0 Å². The van der Waals surface area contributed by atoms with Crippen LogP contribution in [0.3, 0.4) is 0 Å². The Hall–Kier alpha value is -2.53. The van der Waals surface area contributed by atoms with Crippen molar-refractivity contribution in [1.82, 2.24) is 5.48 Å². The number of halogens is 1. The Bertz CT molecular complexity index is 600. The summed E-state index contributed by atoms with van der Waals surface area (Å²) in [5.41, 5.74) is 2.96. The van der Waals surface area contributed by atoms with Crippen LogP contribution < -0.4 is 10.8 Å². The van der Waals surface area contributed by atoms with Crippen molar-refractivity contribution in [2.24, 2.45) is 0 Å². The molecule has 2 aromatic carbocycles. The van der Waals surface area contributed by atoms with E-state index in [1.54, 1.807) is 54.6 Å². The van der Waals surface area contributed by atoms with Gasteiger partial charge in [-0.25, -0.2) is 4.79 Å². The number of anilines is 1. The molecule has 0 aliphatic rings. The van der Waals surface area contributed by atoms with Gasteiger partial charge in [-0.3, -0.25) is 10.1 Å². The van der Waals surface area contributed by atoms with E-state index in [0.29, 0.717) is 16.3 Å². The van der Waals surface area contributed by atoms with Crippen LogP contribution in [0.4, 0.5) is 10.5 Å². The number of carbonyl (C=O) groups excluding carboxylic acids is 2. The molecule has 0 fully saturated rings. The standard InChI is InChI=1S/C14H11ClN2O3/c15-11-6-8-12(9-7-11)16-14(19)20-17-13(18)10-4-2-1-3-5-10/h1-9H,(H,16,19)(H,17,18). The van der Waals surface area contributed by atoms with Gasteiger partial charge in [0, 0.05) is 16.3 Å². The largest absolute Gasteiger partial charge is 0.436 e. The van der Waals surface area contributed by atoms with Gasteiger partial charge in [-0.2, -0.15) is 5.48 Å². The fraction of sp³-hybridized carbons (Fsp3) is 0. The van der Waals surface area contributed by atoms with E-state index in [1.165, 1.54) is 0 Å². The highest BCUT2D eigenvalue weighted by Crippen LogP contribution is 2.13. The minimum Gasteiger partial charge on any atom is -0.321 e. The Morgan fingerprint density at radius 1 is 0.950 bits per heavy atom. The molecule has 0 saturated heterocycles. The maximum atomic E-state index is 11.6. The van der Waals surface area contributed by atoms with Gasteiger partial charge in [0.05, 0.1) is 0 Å². The lowest BCUT2D eigenvalue weighted by atomic mass is 10.2. The molecule has 0 atom stereocenters. The Morgan fingerprint density at radius 3 is 2.25 bits per heavy atom. The van der Waals surface area contributed by atoms with Crippen molar-refractivity contribution >= 4 is 29.3 Å². The maximum absolute atomic E-state index is 11.6. The molecular formula is C14H11ClN2O3. The monoisotopic (exact) mass is 290 g/mol. The number of nitrogens with one attached hydrogen (secondary N) is 2. The van der Waals surface area contributed by atoms with E-state index >= 15 is 0 Å². The lowest BCUT2D eigenvalue weighted by molar-refractivity contribution is 0.0615. The molecule has 20 heavy (non-hydrogen) atoms. The summed E-state index contributed by atoms with van der Waals surface area (Å²) in [5.74, 6) is -0.503. The molecular weight excluding hydrogens is 280 g/mol. The van der Waals surface area contributed by atoms with E-state index in [1.807, 2.05) is 0 Å².